The SMILES string of the molecule is NC(=O)[C@@H]1CCC[C@@H]1N1CC(C(=O)NC2CCC(c3ccccc3)CC2)C(=O)C1=O. The number of hydrogen-bond donors (Lipinski definition) is 2. The van der Waals surface area contributed by atoms with E-state index in [-0.39, 0.29) is 24.5 Å². The zero-order valence-electron chi connectivity index (χ0n) is 17.1. The van der Waals surface area contributed by atoms with E-state index in [1.54, 1.807) is 0 Å². The number of carbonyl (C=O) groups is 4. The molecular weight excluding hydrogens is 382 g/mol. The Balaban J connectivity index is 1.33. The lowest BCUT2D eigenvalue weighted by atomic mass is 9.81. The fourth-order valence-corrected chi connectivity index (χ4v) is 5.38. The molecule has 3 N–H and O–H groups in total. The Kier molecular flexibility index (Phi) is 5.88. The van der Waals surface area contributed by atoms with Crippen LogP contribution in [0, 0.1) is 11.8 Å². The molecule has 0 bridgehead atoms. The first-order valence-electron chi connectivity index (χ1n) is 10.9. The normalized spacial score (nSPS) is 31.7. The Labute approximate surface area is 176 Å². The number of nitrogens with one attached hydrogen (secondary N) is 1. The molecule has 7 nitrogen and oxygen atoms in total. The highest BCUT2D eigenvalue weighted by molar-refractivity contribution is 6.42. The second-order valence-electron chi connectivity index (χ2n) is 8.85. The molecular formula is C23H29N3O4. The van der Waals surface area contributed by atoms with Crippen molar-refractivity contribution in [2.45, 2.75) is 62.9 Å². The van der Waals surface area contributed by atoms with E-state index < -0.39 is 29.4 Å². The number of nitrogens with two attached hydrogens (primary N) is 1. The zero-order valence-corrected chi connectivity index (χ0v) is 17.1. The molecule has 1 aromatic carbocycles. The Morgan fingerprint density at radius 2 is 1.67 bits per heavy atom. The number of rotatable bonds is 5. The number of hydrogen-bond acceptors (Lipinski definition) is 4. The van der Waals surface area contributed by atoms with Gasteiger partial charge in [-0.3, -0.25) is 19.2 Å². The largest absolute Gasteiger partial charge is 0.369 e. The van der Waals surface area contributed by atoms with Gasteiger partial charge in [-0.2, -0.15) is 0 Å². The Morgan fingerprint density at radius 1 is 0.967 bits per heavy atom. The maximum Gasteiger partial charge on any atom is 0.291 e. The van der Waals surface area contributed by atoms with Crippen LogP contribution in [-0.4, -0.2) is 47.0 Å². The number of primary amides is 1. The standard InChI is InChI=1S/C23H29N3O4/c24-21(28)17-7-4-8-19(17)26-13-18(20(27)23(26)30)22(29)25-16-11-9-15(10-12-16)14-5-2-1-3-6-14/h1-3,5-6,15-19H,4,7-13H2,(H2,24,28)(H,25,29)/t15?,16?,17-,18?,19+/m1/s1. The molecule has 3 atom stereocenters. The van der Waals surface area contributed by atoms with Crippen LogP contribution in [0.25, 0.3) is 0 Å². The summed E-state index contributed by atoms with van der Waals surface area (Å²) in [5.41, 5.74) is 6.79. The lowest BCUT2D eigenvalue weighted by Gasteiger charge is -2.30. The van der Waals surface area contributed by atoms with Gasteiger partial charge in [0, 0.05) is 18.6 Å². The van der Waals surface area contributed by atoms with E-state index in [0.29, 0.717) is 18.8 Å². The number of amides is 3. The van der Waals surface area contributed by atoms with Gasteiger partial charge in [0.15, 0.2) is 0 Å². The van der Waals surface area contributed by atoms with Gasteiger partial charge in [-0.25, -0.2) is 0 Å². The molecule has 4 rings (SSSR count). The Bertz CT molecular complexity index is 832. The molecule has 1 aromatic rings. The van der Waals surface area contributed by atoms with Gasteiger partial charge >= 0.3 is 0 Å². The van der Waals surface area contributed by atoms with E-state index in [1.165, 1.54) is 10.5 Å². The minimum atomic E-state index is -0.988. The third-order valence-electron chi connectivity index (χ3n) is 7.07. The van der Waals surface area contributed by atoms with E-state index >= 15 is 0 Å². The summed E-state index contributed by atoms with van der Waals surface area (Å²) in [6.07, 6.45) is 5.75. The zero-order chi connectivity index (χ0) is 21.3. The third kappa shape index (κ3) is 3.98. The van der Waals surface area contributed by atoms with Crippen LogP contribution in [0.5, 0.6) is 0 Å². The first kappa shape index (κ1) is 20.6. The van der Waals surface area contributed by atoms with Crippen molar-refractivity contribution in [2.75, 3.05) is 6.54 Å². The average Bonchev–Trinajstić information content (AvgIpc) is 3.35. The lowest BCUT2D eigenvalue weighted by molar-refractivity contribution is -0.144. The van der Waals surface area contributed by atoms with Gasteiger partial charge in [-0.1, -0.05) is 36.8 Å². The second-order valence-corrected chi connectivity index (χ2v) is 8.85. The molecule has 1 saturated heterocycles. The van der Waals surface area contributed by atoms with Gasteiger partial charge in [0.1, 0.15) is 5.92 Å². The molecule has 30 heavy (non-hydrogen) atoms. The van der Waals surface area contributed by atoms with Crippen LogP contribution < -0.4 is 11.1 Å². The van der Waals surface area contributed by atoms with E-state index in [4.69, 9.17) is 5.73 Å². The van der Waals surface area contributed by atoms with Gasteiger partial charge in [-0.05, 0) is 50.0 Å². The monoisotopic (exact) mass is 411 g/mol. The Hall–Kier alpha value is -2.70. The van der Waals surface area contributed by atoms with Crippen LogP contribution >= 0.6 is 0 Å². The number of nitrogens with zero attached hydrogens (tertiary/aromatic N) is 1. The molecule has 0 spiro atoms. The minimum Gasteiger partial charge on any atom is -0.369 e. The summed E-state index contributed by atoms with van der Waals surface area (Å²) in [5.74, 6) is -3.05. The summed E-state index contributed by atoms with van der Waals surface area (Å²) in [4.78, 5) is 50.9. The maximum atomic E-state index is 12.8. The van der Waals surface area contributed by atoms with E-state index in [1.807, 2.05) is 18.2 Å². The predicted octanol–water partition coefficient (Wildman–Crippen LogP) is 1.51. The first-order chi connectivity index (χ1) is 14.5. The smallest absolute Gasteiger partial charge is 0.291 e. The van der Waals surface area contributed by atoms with Crippen LogP contribution in [0.4, 0.5) is 0 Å². The van der Waals surface area contributed by atoms with Crippen LogP contribution in [0.1, 0.15) is 56.4 Å². The van der Waals surface area contributed by atoms with Gasteiger partial charge in [0.25, 0.3) is 5.91 Å². The summed E-state index contributed by atoms with van der Waals surface area (Å²) in [5, 5.41) is 3.00. The van der Waals surface area contributed by atoms with Crippen molar-refractivity contribution in [2.24, 2.45) is 17.6 Å². The van der Waals surface area contributed by atoms with Crippen molar-refractivity contribution in [1.82, 2.24) is 10.2 Å². The third-order valence-corrected chi connectivity index (χ3v) is 7.07. The van der Waals surface area contributed by atoms with Gasteiger partial charge in [0.2, 0.25) is 17.6 Å². The quantitative estimate of drug-likeness (QED) is 0.565. The fraction of sp³-hybridized carbons (Fsp3) is 0.565. The second kappa shape index (κ2) is 8.58. The van der Waals surface area contributed by atoms with E-state index in [0.717, 1.165) is 32.1 Å². The highest BCUT2D eigenvalue weighted by Gasteiger charge is 2.49. The molecule has 1 heterocycles. The molecule has 0 aromatic heterocycles. The van der Waals surface area contributed by atoms with E-state index in [9.17, 15) is 19.2 Å². The first-order valence-corrected chi connectivity index (χ1v) is 10.9. The van der Waals surface area contributed by atoms with Crippen LogP contribution in [0.2, 0.25) is 0 Å². The van der Waals surface area contributed by atoms with Gasteiger partial charge in [0.05, 0.1) is 5.92 Å². The molecule has 3 amide bonds. The molecule has 1 unspecified atom stereocenters. The maximum absolute atomic E-state index is 12.8. The van der Waals surface area contributed by atoms with Crippen molar-refractivity contribution >= 4 is 23.5 Å². The number of ketones is 1. The lowest BCUT2D eigenvalue weighted by Crippen LogP contribution is -2.45. The molecule has 1 aliphatic heterocycles. The highest BCUT2D eigenvalue weighted by Crippen LogP contribution is 2.34. The molecule has 3 fully saturated rings. The molecule has 0 radical (unpaired) electrons. The minimum absolute atomic E-state index is 0.0271. The summed E-state index contributed by atoms with van der Waals surface area (Å²) in [7, 11) is 0. The van der Waals surface area contributed by atoms with Crippen molar-refractivity contribution < 1.29 is 19.2 Å². The Morgan fingerprint density at radius 3 is 2.33 bits per heavy atom. The highest BCUT2D eigenvalue weighted by atomic mass is 16.2. The number of benzene rings is 1. The number of likely N-dealkylation sites (tertiary alicyclic amines) is 1. The van der Waals surface area contributed by atoms with Crippen molar-refractivity contribution in [3.8, 4) is 0 Å². The van der Waals surface area contributed by atoms with Gasteiger partial charge < -0.3 is 16.0 Å². The molecule has 2 aliphatic carbocycles. The average molecular weight is 412 g/mol. The number of Topliss-reactive ketones (excluding diaryl/α,β-unsaturated/α-hetero) is 1. The summed E-state index contributed by atoms with van der Waals surface area (Å²) < 4.78 is 0. The van der Waals surface area contributed by atoms with Crippen LogP contribution in [-0.2, 0) is 19.2 Å². The van der Waals surface area contributed by atoms with E-state index in [2.05, 4.69) is 17.4 Å². The topological polar surface area (TPSA) is 110 Å². The molecule has 160 valence electrons. The van der Waals surface area contributed by atoms with Crippen LogP contribution in [0.3, 0.4) is 0 Å². The van der Waals surface area contributed by atoms with Crippen LogP contribution in [0.15, 0.2) is 30.3 Å². The fourth-order valence-electron chi connectivity index (χ4n) is 5.38. The van der Waals surface area contributed by atoms with Gasteiger partial charge in [-0.15, -0.1) is 0 Å². The van der Waals surface area contributed by atoms with Crippen molar-refractivity contribution in [3.63, 3.8) is 0 Å². The summed E-state index contributed by atoms with van der Waals surface area (Å²) in [6, 6.07) is 10.1. The molecule has 7 heteroatoms. The summed E-state index contributed by atoms with van der Waals surface area (Å²) in [6.45, 7) is 0.0529. The summed E-state index contributed by atoms with van der Waals surface area (Å²) >= 11 is 0. The molecule has 3 aliphatic rings. The predicted molar refractivity (Wildman–Crippen MR) is 110 cm³/mol. The van der Waals surface area contributed by atoms with Crippen molar-refractivity contribution in [1.29, 1.82) is 0 Å². The van der Waals surface area contributed by atoms with Crippen molar-refractivity contribution in [3.05, 3.63) is 35.9 Å². The number of carbonyl (C=O) groups excluding carboxylic acids is 4. The molecule has 2 saturated carbocycles.